The molecule has 0 aliphatic heterocycles. The molecule has 24 heavy (non-hydrogen) atoms. The summed E-state index contributed by atoms with van der Waals surface area (Å²) in [5.41, 5.74) is 7.23. The summed E-state index contributed by atoms with van der Waals surface area (Å²) in [6, 6.07) is 9.79. The Morgan fingerprint density at radius 2 is 1.88 bits per heavy atom. The molecule has 0 heterocycles. The van der Waals surface area contributed by atoms with Crippen molar-refractivity contribution >= 4 is 17.4 Å². The second-order valence-corrected chi connectivity index (χ2v) is 6.34. The molecule has 0 aromatic heterocycles. The minimum absolute atomic E-state index is 0.0218. The van der Waals surface area contributed by atoms with Crippen LogP contribution in [0.5, 0.6) is 0 Å². The highest BCUT2D eigenvalue weighted by Gasteiger charge is 2.39. The molecule has 1 aliphatic carbocycles. The van der Waals surface area contributed by atoms with Crippen LogP contribution in [0.3, 0.4) is 0 Å². The van der Waals surface area contributed by atoms with Crippen LogP contribution in [0.4, 0.5) is 0 Å². The summed E-state index contributed by atoms with van der Waals surface area (Å²) >= 11 is 0. The minimum atomic E-state index is -0.714. The monoisotopic (exact) mass is 326 g/mol. The number of carbonyl (C=O) groups excluding carboxylic acids is 2. The first kappa shape index (κ1) is 18.0. The molecular weight excluding hydrogens is 300 g/mol. The second-order valence-electron chi connectivity index (χ2n) is 6.34. The summed E-state index contributed by atoms with van der Waals surface area (Å²) in [5.74, 6) is -0.480. The Labute approximate surface area is 143 Å². The average molecular weight is 326 g/mol. The molecular formula is C20H26N2O2. The van der Waals surface area contributed by atoms with Gasteiger partial charge in [0, 0.05) is 12.1 Å². The van der Waals surface area contributed by atoms with Gasteiger partial charge in [-0.3, -0.25) is 9.59 Å². The zero-order chi connectivity index (χ0) is 17.6. The Morgan fingerprint density at radius 3 is 2.46 bits per heavy atom. The fourth-order valence-electron chi connectivity index (χ4n) is 3.21. The largest absolute Gasteiger partial charge is 0.366 e. The summed E-state index contributed by atoms with van der Waals surface area (Å²) in [5, 5.41) is 3.00. The van der Waals surface area contributed by atoms with Crippen LogP contribution in [0.2, 0.25) is 0 Å². The number of hydrogen-bond acceptors (Lipinski definition) is 2. The summed E-state index contributed by atoms with van der Waals surface area (Å²) in [7, 11) is 0. The average Bonchev–Trinajstić information content (AvgIpc) is 2.60. The van der Waals surface area contributed by atoms with Gasteiger partial charge in [0.1, 0.15) is 0 Å². The van der Waals surface area contributed by atoms with E-state index in [1.807, 2.05) is 56.3 Å². The van der Waals surface area contributed by atoms with Gasteiger partial charge < -0.3 is 11.1 Å². The lowest BCUT2D eigenvalue weighted by molar-refractivity contribution is -0.129. The van der Waals surface area contributed by atoms with Gasteiger partial charge in [-0.2, -0.15) is 0 Å². The molecule has 1 atom stereocenters. The number of benzene rings is 1. The fraction of sp³-hybridized carbons (Fsp3) is 0.400. The number of carbonyl (C=O) groups is 2. The van der Waals surface area contributed by atoms with Crippen LogP contribution >= 0.6 is 0 Å². The maximum absolute atomic E-state index is 12.9. The van der Waals surface area contributed by atoms with Crippen LogP contribution in [-0.4, -0.2) is 18.4 Å². The normalized spacial score (nSPS) is 20.1. The van der Waals surface area contributed by atoms with Crippen molar-refractivity contribution in [3.8, 4) is 0 Å². The van der Waals surface area contributed by atoms with Crippen molar-refractivity contribution in [2.45, 2.75) is 39.5 Å². The molecule has 0 radical (unpaired) electrons. The maximum atomic E-state index is 12.9. The van der Waals surface area contributed by atoms with E-state index in [0.29, 0.717) is 25.0 Å². The number of rotatable bonds is 7. The highest BCUT2D eigenvalue weighted by molar-refractivity contribution is 6.00. The van der Waals surface area contributed by atoms with E-state index in [-0.39, 0.29) is 5.91 Å². The number of allylic oxidation sites excluding steroid dienone is 2. The van der Waals surface area contributed by atoms with E-state index < -0.39 is 11.3 Å². The van der Waals surface area contributed by atoms with E-state index in [1.165, 1.54) is 0 Å². The Kier molecular flexibility index (Phi) is 5.96. The third kappa shape index (κ3) is 3.94. The maximum Gasteiger partial charge on any atom is 0.244 e. The molecule has 0 saturated carbocycles. The lowest BCUT2D eigenvalue weighted by Gasteiger charge is -2.33. The minimum Gasteiger partial charge on any atom is -0.366 e. The molecule has 1 unspecified atom stereocenters. The highest BCUT2D eigenvalue weighted by Crippen LogP contribution is 2.41. The van der Waals surface area contributed by atoms with Crippen molar-refractivity contribution in [2.75, 3.05) is 6.54 Å². The topological polar surface area (TPSA) is 72.2 Å². The lowest BCUT2D eigenvalue weighted by Crippen LogP contribution is -2.42. The predicted octanol–water partition coefficient (Wildman–Crippen LogP) is 3.20. The standard InChI is InChI=1S/C20H26N2O2/c1-3-10-20(19(24)22-11-4-2)13-16(12-17(14-20)18(21)23)15-8-6-5-7-9-15/h5-9,12-13H,3-4,10-11,14H2,1-2H3,(H2,21,23)(H,22,24). The van der Waals surface area contributed by atoms with Gasteiger partial charge in [0.25, 0.3) is 0 Å². The smallest absolute Gasteiger partial charge is 0.244 e. The number of nitrogens with one attached hydrogen (secondary N) is 1. The molecule has 0 spiro atoms. The van der Waals surface area contributed by atoms with Gasteiger partial charge in [-0.25, -0.2) is 0 Å². The number of hydrogen-bond donors (Lipinski definition) is 2. The van der Waals surface area contributed by atoms with Gasteiger partial charge in [-0.15, -0.1) is 0 Å². The highest BCUT2D eigenvalue weighted by atomic mass is 16.2. The van der Waals surface area contributed by atoms with Gasteiger partial charge in [0.15, 0.2) is 0 Å². The van der Waals surface area contributed by atoms with Crippen molar-refractivity contribution in [1.29, 1.82) is 0 Å². The Hall–Kier alpha value is -2.36. The van der Waals surface area contributed by atoms with E-state index in [1.54, 1.807) is 0 Å². The van der Waals surface area contributed by atoms with Crippen LogP contribution in [0.1, 0.15) is 45.1 Å². The molecule has 1 aromatic carbocycles. The van der Waals surface area contributed by atoms with Crippen molar-refractivity contribution < 1.29 is 9.59 Å². The van der Waals surface area contributed by atoms with Crippen LogP contribution in [0, 0.1) is 5.41 Å². The Morgan fingerprint density at radius 1 is 1.17 bits per heavy atom. The lowest BCUT2D eigenvalue weighted by atomic mass is 9.71. The van der Waals surface area contributed by atoms with E-state index in [2.05, 4.69) is 5.32 Å². The van der Waals surface area contributed by atoms with Crippen molar-refractivity contribution in [3.05, 3.63) is 53.6 Å². The molecule has 3 N–H and O–H groups in total. The zero-order valence-corrected chi connectivity index (χ0v) is 14.5. The van der Waals surface area contributed by atoms with Crippen molar-refractivity contribution in [1.82, 2.24) is 5.32 Å². The molecule has 128 valence electrons. The van der Waals surface area contributed by atoms with Crippen LogP contribution in [0.25, 0.3) is 5.57 Å². The first-order valence-corrected chi connectivity index (χ1v) is 8.59. The molecule has 0 saturated heterocycles. The van der Waals surface area contributed by atoms with E-state index in [9.17, 15) is 9.59 Å². The van der Waals surface area contributed by atoms with E-state index in [0.717, 1.165) is 24.0 Å². The number of amides is 2. The van der Waals surface area contributed by atoms with Crippen molar-refractivity contribution in [3.63, 3.8) is 0 Å². The second kappa shape index (κ2) is 7.95. The first-order chi connectivity index (χ1) is 11.5. The third-order valence-electron chi connectivity index (χ3n) is 4.37. The molecule has 4 heteroatoms. The van der Waals surface area contributed by atoms with Gasteiger partial charge in [-0.05, 0) is 36.5 Å². The fourth-order valence-corrected chi connectivity index (χ4v) is 3.21. The van der Waals surface area contributed by atoms with Crippen molar-refractivity contribution in [2.24, 2.45) is 11.1 Å². The molecule has 0 bridgehead atoms. The Bertz CT molecular complexity index is 661. The van der Waals surface area contributed by atoms with Crippen LogP contribution < -0.4 is 11.1 Å². The predicted molar refractivity (Wildman–Crippen MR) is 97.0 cm³/mol. The zero-order valence-electron chi connectivity index (χ0n) is 14.5. The van der Waals surface area contributed by atoms with Crippen LogP contribution in [-0.2, 0) is 9.59 Å². The summed E-state index contributed by atoms with van der Waals surface area (Å²) < 4.78 is 0. The van der Waals surface area contributed by atoms with Gasteiger partial charge in [-0.1, -0.05) is 56.7 Å². The number of nitrogens with two attached hydrogens (primary N) is 1. The SMILES string of the molecule is CCCNC(=O)C1(CCC)C=C(c2ccccc2)C=C(C(N)=O)C1. The Balaban J connectivity index is 2.49. The molecule has 1 aromatic rings. The molecule has 4 nitrogen and oxygen atoms in total. The van der Waals surface area contributed by atoms with Gasteiger partial charge in [0.2, 0.25) is 11.8 Å². The molecule has 2 rings (SSSR count). The quantitative estimate of drug-likeness (QED) is 0.807. The molecule has 1 aliphatic rings. The summed E-state index contributed by atoms with van der Waals surface area (Å²) in [6.45, 7) is 4.70. The molecule has 2 amide bonds. The van der Waals surface area contributed by atoms with Gasteiger partial charge >= 0.3 is 0 Å². The van der Waals surface area contributed by atoms with E-state index in [4.69, 9.17) is 5.73 Å². The number of primary amides is 1. The molecule has 0 fully saturated rings. The summed E-state index contributed by atoms with van der Waals surface area (Å²) in [6.07, 6.45) is 6.61. The van der Waals surface area contributed by atoms with Gasteiger partial charge in [0.05, 0.1) is 5.41 Å². The van der Waals surface area contributed by atoms with Crippen LogP contribution in [0.15, 0.2) is 48.1 Å². The third-order valence-corrected chi connectivity index (χ3v) is 4.37. The first-order valence-electron chi connectivity index (χ1n) is 8.59. The van der Waals surface area contributed by atoms with E-state index >= 15 is 0 Å². The summed E-state index contributed by atoms with van der Waals surface area (Å²) in [4.78, 5) is 24.7.